The third-order valence-corrected chi connectivity index (χ3v) is 4.88. The van der Waals surface area contributed by atoms with Gasteiger partial charge in [-0.05, 0) is 42.3 Å². The van der Waals surface area contributed by atoms with Gasteiger partial charge in [-0.25, -0.2) is 0 Å². The molecule has 24 heavy (non-hydrogen) atoms. The molecule has 0 radical (unpaired) electrons. The molecule has 2 aromatic rings. The van der Waals surface area contributed by atoms with E-state index in [-0.39, 0.29) is 24.2 Å². The molecule has 1 atom stereocenters. The van der Waals surface area contributed by atoms with Crippen LogP contribution in [0.1, 0.15) is 17.5 Å². The SMILES string of the molecule is Cc1ccccc1CNC(=O)C1CC(=O)N(c2ccc(Br)cc2)C1. The van der Waals surface area contributed by atoms with Gasteiger partial charge in [0.1, 0.15) is 0 Å². The maximum Gasteiger partial charge on any atom is 0.227 e. The zero-order chi connectivity index (χ0) is 17.1. The Morgan fingerprint density at radius 2 is 1.92 bits per heavy atom. The fraction of sp³-hybridized carbons (Fsp3) is 0.263. The van der Waals surface area contributed by atoms with Crippen LogP contribution in [-0.4, -0.2) is 18.4 Å². The number of benzene rings is 2. The smallest absolute Gasteiger partial charge is 0.227 e. The maximum atomic E-state index is 12.4. The van der Waals surface area contributed by atoms with Crippen molar-refractivity contribution >= 4 is 33.4 Å². The Morgan fingerprint density at radius 1 is 1.21 bits per heavy atom. The second-order valence-electron chi connectivity index (χ2n) is 6.03. The first kappa shape index (κ1) is 16.7. The first-order valence-corrected chi connectivity index (χ1v) is 8.72. The standard InChI is InChI=1S/C19H19BrN2O2/c1-13-4-2-3-5-14(13)11-21-19(24)15-10-18(23)22(12-15)17-8-6-16(20)7-9-17/h2-9,15H,10-12H2,1H3,(H,21,24). The van der Waals surface area contributed by atoms with Crippen molar-refractivity contribution in [1.82, 2.24) is 5.32 Å². The van der Waals surface area contributed by atoms with Crippen molar-refractivity contribution in [1.29, 1.82) is 0 Å². The number of halogens is 1. The molecular weight excluding hydrogens is 368 g/mol. The molecule has 0 saturated carbocycles. The molecular formula is C19H19BrN2O2. The van der Waals surface area contributed by atoms with E-state index in [0.29, 0.717) is 13.1 Å². The summed E-state index contributed by atoms with van der Waals surface area (Å²) in [6.45, 7) is 2.95. The molecule has 2 amide bonds. The average Bonchev–Trinajstić information content (AvgIpc) is 2.96. The van der Waals surface area contributed by atoms with Crippen molar-refractivity contribution < 1.29 is 9.59 Å². The zero-order valence-corrected chi connectivity index (χ0v) is 15.0. The van der Waals surface area contributed by atoms with Gasteiger partial charge < -0.3 is 10.2 Å². The Labute approximate surface area is 150 Å². The molecule has 4 nitrogen and oxygen atoms in total. The van der Waals surface area contributed by atoms with Crippen molar-refractivity contribution in [3.8, 4) is 0 Å². The fourth-order valence-corrected chi connectivity index (χ4v) is 3.15. The lowest BCUT2D eigenvalue weighted by Gasteiger charge is -2.17. The van der Waals surface area contributed by atoms with Gasteiger partial charge in [0.2, 0.25) is 11.8 Å². The van der Waals surface area contributed by atoms with Crippen LogP contribution in [0.3, 0.4) is 0 Å². The number of nitrogens with zero attached hydrogens (tertiary/aromatic N) is 1. The second kappa shape index (κ2) is 7.18. The highest BCUT2D eigenvalue weighted by molar-refractivity contribution is 9.10. The number of amides is 2. The second-order valence-corrected chi connectivity index (χ2v) is 6.94. The van der Waals surface area contributed by atoms with Crippen LogP contribution in [0.5, 0.6) is 0 Å². The van der Waals surface area contributed by atoms with E-state index in [9.17, 15) is 9.59 Å². The topological polar surface area (TPSA) is 49.4 Å². The fourth-order valence-electron chi connectivity index (χ4n) is 2.89. The van der Waals surface area contributed by atoms with Crippen LogP contribution in [0.2, 0.25) is 0 Å². The summed E-state index contributed by atoms with van der Waals surface area (Å²) in [7, 11) is 0. The molecule has 1 fully saturated rings. The highest BCUT2D eigenvalue weighted by Crippen LogP contribution is 2.26. The van der Waals surface area contributed by atoms with Crippen LogP contribution >= 0.6 is 15.9 Å². The van der Waals surface area contributed by atoms with Gasteiger partial charge in [-0.2, -0.15) is 0 Å². The highest BCUT2D eigenvalue weighted by Gasteiger charge is 2.34. The Hall–Kier alpha value is -2.14. The molecule has 1 aliphatic rings. The van der Waals surface area contributed by atoms with E-state index in [1.165, 1.54) is 0 Å². The van der Waals surface area contributed by atoms with Gasteiger partial charge in [-0.3, -0.25) is 9.59 Å². The van der Waals surface area contributed by atoms with Crippen molar-refractivity contribution in [2.75, 3.05) is 11.4 Å². The van der Waals surface area contributed by atoms with Crippen LogP contribution in [0.15, 0.2) is 53.0 Å². The Balaban J connectivity index is 1.62. The summed E-state index contributed by atoms with van der Waals surface area (Å²) in [5, 5.41) is 2.96. The lowest BCUT2D eigenvalue weighted by Crippen LogP contribution is -2.32. The van der Waals surface area contributed by atoms with Gasteiger partial charge in [-0.1, -0.05) is 40.2 Å². The summed E-state index contributed by atoms with van der Waals surface area (Å²) in [5.74, 6) is -0.371. The summed E-state index contributed by atoms with van der Waals surface area (Å²) in [5.41, 5.74) is 3.08. The van der Waals surface area contributed by atoms with Crippen molar-refractivity contribution in [2.24, 2.45) is 5.92 Å². The minimum Gasteiger partial charge on any atom is -0.352 e. The monoisotopic (exact) mass is 386 g/mol. The zero-order valence-electron chi connectivity index (χ0n) is 13.5. The minimum atomic E-state index is -0.301. The average molecular weight is 387 g/mol. The third-order valence-electron chi connectivity index (χ3n) is 4.35. The molecule has 3 rings (SSSR count). The van der Waals surface area contributed by atoms with Crippen molar-refractivity contribution in [3.05, 3.63) is 64.1 Å². The van der Waals surface area contributed by atoms with E-state index in [2.05, 4.69) is 21.2 Å². The molecule has 0 bridgehead atoms. The van der Waals surface area contributed by atoms with Gasteiger partial charge in [0.05, 0.1) is 5.92 Å². The molecule has 0 aliphatic carbocycles. The van der Waals surface area contributed by atoms with Crippen molar-refractivity contribution in [2.45, 2.75) is 19.9 Å². The highest BCUT2D eigenvalue weighted by atomic mass is 79.9. The molecule has 0 aromatic heterocycles. The molecule has 2 aromatic carbocycles. The van der Waals surface area contributed by atoms with Gasteiger partial charge in [-0.15, -0.1) is 0 Å². The van der Waals surface area contributed by atoms with E-state index in [1.54, 1.807) is 4.90 Å². The summed E-state index contributed by atoms with van der Waals surface area (Å²) >= 11 is 3.39. The largest absolute Gasteiger partial charge is 0.352 e. The normalized spacial score (nSPS) is 17.2. The molecule has 1 heterocycles. The van der Waals surface area contributed by atoms with Crippen molar-refractivity contribution in [3.63, 3.8) is 0 Å². The van der Waals surface area contributed by atoms with E-state index < -0.39 is 0 Å². The Bertz CT molecular complexity index is 758. The molecule has 0 spiro atoms. The third kappa shape index (κ3) is 3.67. The maximum absolute atomic E-state index is 12.4. The van der Waals surface area contributed by atoms with Crippen LogP contribution < -0.4 is 10.2 Å². The summed E-state index contributed by atoms with van der Waals surface area (Å²) in [6, 6.07) is 15.5. The number of aryl methyl sites for hydroxylation is 1. The minimum absolute atomic E-state index is 0.00614. The van der Waals surface area contributed by atoms with E-state index in [0.717, 1.165) is 21.3 Å². The number of hydrogen-bond donors (Lipinski definition) is 1. The number of rotatable bonds is 4. The summed E-state index contributed by atoms with van der Waals surface area (Å²) in [6.07, 6.45) is 0.260. The molecule has 1 unspecified atom stereocenters. The number of hydrogen-bond acceptors (Lipinski definition) is 2. The predicted molar refractivity (Wildman–Crippen MR) is 97.6 cm³/mol. The van der Waals surface area contributed by atoms with E-state index in [4.69, 9.17) is 0 Å². The van der Waals surface area contributed by atoms with Crippen LogP contribution in [0.4, 0.5) is 5.69 Å². The van der Waals surface area contributed by atoms with Gasteiger partial charge in [0.25, 0.3) is 0 Å². The van der Waals surface area contributed by atoms with Crippen LogP contribution in [0.25, 0.3) is 0 Å². The first-order valence-electron chi connectivity index (χ1n) is 7.93. The lowest BCUT2D eigenvalue weighted by molar-refractivity contribution is -0.126. The Kier molecular flexibility index (Phi) is 5.00. The molecule has 5 heteroatoms. The lowest BCUT2D eigenvalue weighted by atomic mass is 10.1. The molecule has 124 valence electrons. The summed E-state index contributed by atoms with van der Waals surface area (Å²) in [4.78, 5) is 26.3. The first-order chi connectivity index (χ1) is 11.5. The molecule has 1 N–H and O–H groups in total. The summed E-state index contributed by atoms with van der Waals surface area (Å²) < 4.78 is 0.963. The number of carbonyl (C=O) groups excluding carboxylic acids is 2. The van der Waals surface area contributed by atoms with Crippen LogP contribution in [0, 0.1) is 12.8 Å². The molecule has 1 saturated heterocycles. The Morgan fingerprint density at radius 3 is 2.62 bits per heavy atom. The van der Waals surface area contributed by atoms with Crippen LogP contribution in [-0.2, 0) is 16.1 Å². The van der Waals surface area contributed by atoms with E-state index >= 15 is 0 Å². The van der Waals surface area contributed by atoms with Gasteiger partial charge >= 0.3 is 0 Å². The quantitative estimate of drug-likeness (QED) is 0.874. The number of anilines is 1. The number of carbonyl (C=O) groups is 2. The van der Waals surface area contributed by atoms with E-state index in [1.807, 2.05) is 55.5 Å². The molecule has 1 aliphatic heterocycles. The van der Waals surface area contributed by atoms with Gasteiger partial charge in [0, 0.05) is 29.7 Å². The van der Waals surface area contributed by atoms with Gasteiger partial charge in [0.15, 0.2) is 0 Å². The predicted octanol–water partition coefficient (Wildman–Crippen LogP) is 3.43. The number of nitrogens with one attached hydrogen (secondary N) is 1.